The van der Waals surface area contributed by atoms with Gasteiger partial charge in [-0.05, 0) is 83.5 Å². The van der Waals surface area contributed by atoms with Crippen molar-refractivity contribution in [3.8, 4) is 0 Å². The number of unbranched alkanes of at least 4 members (excludes halogenated alkanes) is 1. The highest BCUT2D eigenvalue weighted by Crippen LogP contribution is 2.42. The zero-order chi connectivity index (χ0) is 19.9. The lowest BCUT2D eigenvalue weighted by Gasteiger charge is -2.15. The van der Waals surface area contributed by atoms with Crippen LogP contribution >= 0.6 is 63.7 Å². The van der Waals surface area contributed by atoms with Crippen LogP contribution in [0.15, 0.2) is 17.9 Å². The van der Waals surface area contributed by atoms with Crippen molar-refractivity contribution in [1.82, 2.24) is 0 Å². The summed E-state index contributed by atoms with van der Waals surface area (Å²) in [7, 11) is 0. The molecule has 0 bridgehead atoms. The van der Waals surface area contributed by atoms with Crippen LogP contribution in [-0.4, -0.2) is 48.1 Å². The highest BCUT2D eigenvalue weighted by molar-refractivity contribution is 9.15. The second-order valence-corrected chi connectivity index (χ2v) is 8.25. The minimum atomic E-state index is -0.936. The lowest BCUT2D eigenvalue weighted by atomic mass is 10.1. The van der Waals surface area contributed by atoms with Crippen LogP contribution in [-0.2, 0) is 14.5 Å². The standard InChI is InChI=1S/C15H16Br4O7/c1-7(21)6-25-26-15(23)9-8(14(22)24-5-3-2-4-20)10(16)12(18)13(19)11(9)17/h7,20-21H,2-6H2,1H3. The Morgan fingerprint density at radius 3 is 2.00 bits per heavy atom. The molecule has 2 N–H and O–H groups in total. The number of halogens is 4. The van der Waals surface area contributed by atoms with Crippen LogP contribution in [0, 0.1) is 0 Å². The van der Waals surface area contributed by atoms with Gasteiger partial charge in [-0.3, -0.25) is 4.89 Å². The summed E-state index contributed by atoms with van der Waals surface area (Å²) in [5.74, 6) is -1.68. The Hall–Kier alpha value is -0.0400. The molecule has 1 unspecified atom stereocenters. The monoisotopic (exact) mass is 624 g/mol. The quantitative estimate of drug-likeness (QED) is 0.106. The number of carbonyl (C=O) groups excluding carboxylic acids is 2. The summed E-state index contributed by atoms with van der Waals surface area (Å²) < 4.78 is 6.70. The van der Waals surface area contributed by atoms with E-state index in [2.05, 4.69) is 73.5 Å². The van der Waals surface area contributed by atoms with Gasteiger partial charge in [0, 0.05) is 24.5 Å². The first-order chi connectivity index (χ1) is 12.2. The summed E-state index contributed by atoms with van der Waals surface area (Å²) in [5.41, 5.74) is -0.161. The van der Waals surface area contributed by atoms with Crippen LogP contribution in [0.5, 0.6) is 0 Å². The Bertz CT molecular complexity index is 664. The molecule has 0 heterocycles. The van der Waals surface area contributed by atoms with Gasteiger partial charge in [0.05, 0.1) is 23.8 Å². The molecule has 0 saturated heterocycles. The Labute approximate surface area is 183 Å². The maximum absolute atomic E-state index is 12.5. The fraction of sp³-hybridized carbons (Fsp3) is 0.467. The number of aliphatic hydroxyl groups is 2. The van der Waals surface area contributed by atoms with Crippen molar-refractivity contribution in [2.75, 3.05) is 19.8 Å². The molecule has 0 amide bonds. The van der Waals surface area contributed by atoms with E-state index in [0.717, 1.165) is 0 Å². The SMILES string of the molecule is CC(O)COOC(=O)c1c(Br)c(Br)c(Br)c(Br)c1C(=O)OCCCCO. The Kier molecular flexibility index (Phi) is 10.8. The number of ether oxygens (including phenoxy) is 1. The maximum Gasteiger partial charge on any atom is 0.375 e. The van der Waals surface area contributed by atoms with Crippen molar-refractivity contribution < 1.29 is 34.3 Å². The van der Waals surface area contributed by atoms with Gasteiger partial charge in [-0.25, -0.2) is 9.59 Å². The van der Waals surface area contributed by atoms with Crippen molar-refractivity contribution in [2.24, 2.45) is 0 Å². The zero-order valence-corrected chi connectivity index (χ0v) is 19.9. The van der Waals surface area contributed by atoms with Crippen LogP contribution in [0.25, 0.3) is 0 Å². The molecular weight excluding hydrogens is 612 g/mol. The molecule has 1 atom stereocenters. The van der Waals surface area contributed by atoms with E-state index in [4.69, 9.17) is 14.9 Å². The van der Waals surface area contributed by atoms with E-state index in [1.54, 1.807) is 0 Å². The highest BCUT2D eigenvalue weighted by atomic mass is 79.9. The zero-order valence-electron chi connectivity index (χ0n) is 13.6. The minimum absolute atomic E-state index is 0.00514. The molecule has 146 valence electrons. The number of esters is 1. The van der Waals surface area contributed by atoms with E-state index in [1.165, 1.54) is 6.92 Å². The molecule has 0 saturated carbocycles. The van der Waals surface area contributed by atoms with Gasteiger partial charge in [-0.1, -0.05) is 0 Å². The fourth-order valence-corrected chi connectivity index (χ4v) is 4.14. The van der Waals surface area contributed by atoms with E-state index in [0.29, 0.717) is 26.3 Å². The molecule has 1 aromatic carbocycles. The first kappa shape index (κ1) is 24.0. The summed E-state index contributed by atoms with van der Waals surface area (Å²) in [4.78, 5) is 34.3. The summed E-state index contributed by atoms with van der Waals surface area (Å²) in [5, 5.41) is 17.9. The van der Waals surface area contributed by atoms with Crippen molar-refractivity contribution in [2.45, 2.75) is 25.9 Å². The Balaban J connectivity index is 3.17. The van der Waals surface area contributed by atoms with E-state index in [-0.39, 0.29) is 35.4 Å². The van der Waals surface area contributed by atoms with E-state index >= 15 is 0 Å². The predicted octanol–water partition coefficient (Wildman–Crippen LogP) is 4.14. The highest BCUT2D eigenvalue weighted by Gasteiger charge is 2.30. The summed E-state index contributed by atoms with van der Waals surface area (Å²) in [6.07, 6.45) is 0.144. The molecule has 0 aliphatic heterocycles. The summed E-state index contributed by atoms with van der Waals surface area (Å²) in [6.45, 7) is 1.33. The van der Waals surface area contributed by atoms with Crippen LogP contribution in [0.2, 0.25) is 0 Å². The molecule has 1 aromatic rings. The maximum atomic E-state index is 12.5. The average Bonchev–Trinajstić information content (AvgIpc) is 2.59. The Morgan fingerprint density at radius 1 is 0.962 bits per heavy atom. The van der Waals surface area contributed by atoms with Gasteiger partial charge in [-0.2, -0.15) is 4.89 Å². The number of rotatable bonds is 9. The van der Waals surface area contributed by atoms with Crippen molar-refractivity contribution in [3.05, 3.63) is 29.0 Å². The molecule has 11 heteroatoms. The third-order valence-electron chi connectivity index (χ3n) is 2.90. The molecule has 7 nitrogen and oxygen atoms in total. The van der Waals surface area contributed by atoms with E-state index in [1.807, 2.05) is 0 Å². The van der Waals surface area contributed by atoms with Crippen molar-refractivity contribution in [1.29, 1.82) is 0 Å². The first-order valence-corrected chi connectivity index (χ1v) is 10.5. The van der Waals surface area contributed by atoms with Gasteiger partial charge in [0.2, 0.25) is 0 Å². The second kappa shape index (κ2) is 11.7. The molecule has 0 radical (unpaired) electrons. The normalized spacial score (nSPS) is 12.0. The Morgan fingerprint density at radius 2 is 1.50 bits per heavy atom. The van der Waals surface area contributed by atoms with Crippen LogP contribution in [0.3, 0.4) is 0 Å². The van der Waals surface area contributed by atoms with E-state index < -0.39 is 18.0 Å². The number of carbonyl (C=O) groups is 2. The molecule has 1 rings (SSSR count). The predicted molar refractivity (Wildman–Crippen MR) is 107 cm³/mol. The number of aliphatic hydroxyl groups excluding tert-OH is 2. The third-order valence-corrected chi connectivity index (χ3v) is 7.67. The largest absolute Gasteiger partial charge is 0.462 e. The number of hydrogen-bond acceptors (Lipinski definition) is 7. The second-order valence-electron chi connectivity index (χ2n) is 5.08. The number of hydrogen-bond donors (Lipinski definition) is 2. The average molecular weight is 628 g/mol. The van der Waals surface area contributed by atoms with E-state index in [9.17, 15) is 9.59 Å². The topological polar surface area (TPSA) is 102 Å². The van der Waals surface area contributed by atoms with Gasteiger partial charge in [0.15, 0.2) is 0 Å². The molecule has 0 fully saturated rings. The molecule has 0 aliphatic rings. The van der Waals surface area contributed by atoms with Crippen LogP contribution < -0.4 is 0 Å². The fourth-order valence-electron chi connectivity index (χ4n) is 1.69. The van der Waals surface area contributed by atoms with Gasteiger partial charge >= 0.3 is 11.9 Å². The van der Waals surface area contributed by atoms with Crippen LogP contribution in [0.4, 0.5) is 0 Å². The van der Waals surface area contributed by atoms with Gasteiger partial charge in [0.1, 0.15) is 6.61 Å². The lowest BCUT2D eigenvalue weighted by molar-refractivity contribution is -0.252. The van der Waals surface area contributed by atoms with Gasteiger partial charge in [0.25, 0.3) is 0 Å². The minimum Gasteiger partial charge on any atom is -0.462 e. The molecular formula is C15H16Br4O7. The summed E-state index contributed by atoms with van der Waals surface area (Å²) >= 11 is 13.1. The third kappa shape index (κ3) is 6.54. The lowest BCUT2D eigenvalue weighted by Crippen LogP contribution is -2.19. The van der Waals surface area contributed by atoms with Gasteiger partial charge < -0.3 is 14.9 Å². The van der Waals surface area contributed by atoms with Crippen molar-refractivity contribution >= 4 is 75.7 Å². The smallest absolute Gasteiger partial charge is 0.375 e. The molecule has 0 aromatic heterocycles. The van der Waals surface area contributed by atoms with Crippen molar-refractivity contribution in [3.63, 3.8) is 0 Å². The first-order valence-electron chi connectivity index (χ1n) is 7.38. The molecule has 26 heavy (non-hydrogen) atoms. The number of benzene rings is 1. The van der Waals surface area contributed by atoms with Crippen LogP contribution in [0.1, 0.15) is 40.5 Å². The summed E-state index contributed by atoms with van der Waals surface area (Å²) in [6, 6.07) is 0. The van der Waals surface area contributed by atoms with Gasteiger partial charge in [-0.15, -0.1) is 0 Å². The molecule has 0 spiro atoms. The molecule has 0 aliphatic carbocycles.